The molecule has 0 aromatic heterocycles. The van der Waals surface area contributed by atoms with Gasteiger partial charge in [-0.15, -0.1) is 0 Å². The molecule has 0 aromatic rings. The molecule has 0 saturated carbocycles. The minimum atomic E-state index is -0.0162. The summed E-state index contributed by atoms with van der Waals surface area (Å²) in [6, 6.07) is 0.0994. The average molecular weight is 239 g/mol. The third-order valence-electron chi connectivity index (χ3n) is 3.11. The van der Waals surface area contributed by atoms with Gasteiger partial charge in [-0.05, 0) is 17.4 Å². The lowest BCUT2D eigenvalue weighted by molar-refractivity contribution is -0.124. The van der Waals surface area contributed by atoms with Crippen molar-refractivity contribution in [1.82, 2.24) is 5.32 Å². The Kier molecular flexibility index (Phi) is 4.61. The SMILES string of the molecule is CC(C)C1=C(C(C)C)C(C(C)C)NC(=O)CO1. The minimum absolute atomic E-state index is 0.0162. The van der Waals surface area contributed by atoms with Crippen molar-refractivity contribution in [2.24, 2.45) is 17.8 Å². The Morgan fingerprint density at radius 1 is 1.12 bits per heavy atom. The van der Waals surface area contributed by atoms with Crippen molar-refractivity contribution < 1.29 is 9.53 Å². The van der Waals surface area contributed by atoms with Gasteiger partial charge >= 0.3 is 0 Å². The Labute approximate surface area is 105 Å². The lowest BCUT2D eigenvalue weighted by Crippen LogP contribution is -2.41. The van der Waals surface area contributed by atoms with Gasteiger partial charge in [-0.2, -0.15) is 0 Å². The van der Waals surface area contributed by atoms with Gasteiger partial charge in [0.25, 0.3) is 5.91 Å². The van der Waals surface area contributed by atoms with Gasteiger partial charge in [0.15, 0.2) is 6.61 Å². The molecule has 3 nitrogen and oxygen atoms in total. The summed E-state index contributed by atoms with van der Waals surface area (Å²) in [6.07, 6.45) is 0. The van der Waals surface area contributed by atoms with Crippen LogP contribution in [0.2, 0.25) is 0 Å². The fourth-order valence-corrected chi connectivity index (χ4v) is 2.34. The van der Waals surface area contributed by atoms with Crippen LogP contribution < -0.4 is 5.32 Å². The van der Waals surface area contributed by atoms with Crippen LogP contribution in [0, 0.1) is 17.8 Å². The molecule has 0 aliphatic carbocycles. The summed E-state index contributed by atoms with van der Waals surface area (Å²) in [5, 5.41) is 3.07. The molecule has 1 aliphatic rings. The Bertz CT molecular complexity index is 316. The quantitative estimate of drug-likeness (QED) is 0.822. The average Bonchev–Trinajstić information content (AvgIpc) is 2.36. The van der Waals surface area contributed by atoms with Crippen molar-refractivity contribution in [1.29, 1.82) is 0 Å². The van der Waals surface area contributed by atoms with Crippen molar-refractivity contribution in [2.45, 2.75) is 47.6 Å². The second kappa shape index (κ2) is 5.56. The Morgan fingerprint density at radius 3 is 2.12 bits per heavy atom. The monoisotopic (exact) mass is 239 g/mol. The first-order chi connectivity index (χ1) is 7.84. The summed E-state index contributed by atoms with van der Waals surface area (Å²) in [5.41, 5.74) is 1.25. The molecule has 1 aliphatic heterocycles. The van der Waals surface area contributed by atoms with E-state index < -0.39 is 0 Å². The maximum atomic E-state index is 11.7. The van der Waals surface area contributed by atoms with Crippen LogP contribution in [0.3, 0.4) is 0 Å². The first-order valence-corrected chi connectivity index (χ1v) is 6.50. The Morgan fingerprint density at radius 2 is 1.71 bits per heavy atom. The molecular weight excluding hydrogens is 214 g/mol. The van der Waals surface area contributed by atoms with E-state index in [-0.39, 0.29) is 18.6 Å². The van der Waals surface area contributed by atoms with Crippen LogP contribution >= 0.6 is 0 Å². The molecule has 0 saturated heterocycles. The van der Waals surface area contributed by atoms with Crippen LogP contribution in [0.25, 0.3) is 0 Å². The number of hydrogen-bond donors (Lipinski definition) is 1. The third-order valence-corrected chi connectivity index (χ3v) is 3.11. The fourth-order valence-electron chi connectivity index (χ4n) is 2.34. The molecule has 98 valence electrons. The summed E-state index contributed by atoms with van der Waals surface area (Å²) in [4.78, 5) is 11.7. The van der Waals surface area contributed by atoms with Crippen LogP contribution in [0.15, 0.2) is 11.3 Å². The predicted molar refractivity (Wildman–Crippen MR) is 69.4 cm³/mol. The summed E-state index contributed by atoms with van der Waals surface area (Å²) in [5.74, 6) is 2.07. The van der Waals surface area contributed by atoms with E-state index >= 15 is 0 Å². The molecule has 17 heavy (non-hydrogen) atoms. The predicted octanol–water partition coefficient (Wildman–Crippen LogP) is 2.72. The molecule has 1 unspecified atom stereocenters. The highest BCUT2D eigenvalue weighted by Crippen LogP contribution is 2.30. The number of carbonyl (C=O) groups is 1. The highest BCUT2D eigenvalue weighted by Gasteiger charge is 2.30. The number of carbonyl (C=O) groups excluding carboxylic acids is 1. The largest absolute Gasteiger partial charge is 0.488 e. The molecule has 0 spiro atoms. The zero-order chi connectivity index (χ0) is 13.2. The summed E-state index contributed by atoms with van der Waals surface area (Å²) in [6.45, 7) is 13.0. The van der Waals surface area contributed by atoms with Crippen LogP contribution in [-0.2, 0) is 9.53 Å². The number of rotatable bonds is 3. The maximum Gasteiger partial charge on any atom is 0.258 e. The highest BCUT2D eigenvalue weighted by atomic mass is 16.5. The van der Waals surface area contributed by atoms with Gasteiger partial charge in [0.2, 0.25) is 0 Å². The van der Waals surface area contributed by atoms with Crippen LogP contribution in [0.4, 0.5) is 0 Å². The van der Waals surface area contributed by atoms with E-state index in [0.29, 0.717) is 17.8 Å². The summed E-state index contributed by atoms with van der Waals surface area (Å²) < 4.78 is 5.70. The normalized spacial score (nSPS) is 21.9. The lowest BCUT2D eigenvalue weighted by Gasteiger charge is -2.28. The zero-order valence-corrected chi connectivity index (χ0v) is 11.8. The highest BCUT2D eigenvalue weighted by molar-refractivity contribution is 5.78. The van der Waals surface area contributed by atoms with Crippen molar-refractivity contribution in [3.05, 3.63) is 11.3 Å². The van der Waals surface area contributed by atoms with Gasteiger partial charge < -0.3 is 10.1 Å². The molecule has 1 N–H and O–H groups in total. The standard InChI is InChI=1S/C14H25NO2/c1-8(2)12-13(9(3)4)15-11(16)7-17-14(12)10(5)6/h8-10,13H,7H2,1-6H3,(H,15,16). The molecule has 3 heteroatoms. The van der Waals surface area contributed by atoms with E-state index in [1.807, 2.05) is 0 Å². The molecule has 1 heterocycles. The van der Waals surface area contributed by atoms with E-state index in [1.165, 1.54) is 5.57 Å². The minimum Gasteiger partial charge on any atom is -0.488 e. The second-order valence-corrected chi connectivity index (χ2v) is 5.71. The Balaban J connectivity index is 3.21. The van der Waals surface area contributed by atoms with Crippen LogP contribution in [-0.4, -0.2) is 18.6 Å². The summed E-state index contributed by atoms with van der Waals surface area (Å²) in [7, 11) is 0. The molecule has 0 bridgehead atoms. The van der Waals surface area contributed by atoms with Crippen molar-refractivity contribution in [3.8, 4) is 0 Å². The van der Waals surface area contributed by atoms with Gasteiger partial charge in [-0.25, -0.2) is 0 Å². The maximum absolute atomic E-state index is 11.7. The first kappa shape index (κ1) is 14.1. The molecule has 1 atom stereocenters. The molecule has 0 aromatic carbocycles. The number of ether oxygens (including phenoxy) is 1. The fraction of sp³-hybridized carbons (Fsp3) is 0.786. The number of amides is 1. The Hall–Kier alpha value is -0.990. The molecule has 1 rings (SSSR count). The van der Waals surface area contributed by atoms with Crippen LogP contribution in [0.5, 0.6) is 0 Å². The molecular formula is C14H25NO2. The summed E-state index contributed by atoms with van der Waals surface area (Å²) >= 11 is 0. The van der Waals surface area contributed by atoms with E-state index in [2.05, 4.69) is 46.9 Å². The first-order valence-electron chi connectivity index (χ1n) is 6.50. The number of nitrogens with one attached hydrogen (secondary N) is 1. The van der Waals surface area contributed by atoms with Gasteiger partial charge in [0, 0.05) is 5.92 Å². The molecule has 0 radical (unpaired) electrons. The van der Waals surface area contributed by atoms with Crippen molar-refractivity contribution in [3.63, 3.8) is 0 Å². The smallest absolute Gasteiger partial charge is 0.258 e. The van der Waals surface area contributed by atoms with Crippen LogP contribution in [0.1, 0.15) is 41.5 Å². The topological polar surface area (TPSA) is 38.3 Å². The van der Waals surface area contributed by atoms with Gasteiger partial charge in [-0.1, -0.05) is 41.5 Å². The van der Waals surface area contributed by atoms with Gasteiger partial charge in [0.05, 0.1) is 6.04 Å². The second-order valence-electron chi connectivity index (χ2n) is 5.71. The van der Waals surface area contributed by atoms with Gasteiger partial charge in [0.1, 0.15) is 5.76 Å². The lowest BCUT2D eigenvalue weighted by atomic mass is 9.85. The van der Waals surface area contributed by atoms with Crippen molar-refractivity contribution in [2.75, 3.05) is 6.61 Å². The number of allylic oxidation sites excluding steroid dienone is 1. The van der Waals surface area contributed by atoms with E-state index in [9.17, 15) is 4.79 Å². The van der Waals surface area contributed by atoms with E-state index in [4.69, 9.17) is 4.74 Å². The van der Waals surface area contributed by atoms with E-state index in [0.717, 1.165) is 5.76 Å². The van der Waals surface area contributed by atoms with Crippen molar-refractivity contribution >= 4 is 5.91 Å². The third kappa shape index (κ3) is 3.24. The molecule has 0 fully saturated rings. The van der Waals surface area contributed by atoms with E-state index in [1.54, 1.807) is 0 Å². The number of hydrogen-bond acceptors (Lipinski definition) is 2. The molecule has 1 amide bonds. The zero-order valence-electron chi connectivity index (χ0n) is 11.8. The van der Waals surface area contributed by atoms with Gasteiger partial charge in [-0.3, -0.25) is 4.79 Å².